The minimum Gasteiger partial charge on any atom is -0.341 e. The maximum absolute atomic E-state index is 12.2. The lowest BCUT2D eigenvalue weighted by Gasteiger charge is -2.09. The molecule has 4 N–H and O–H groups in total. The van der Waals surface area contributed by atoms with Crippen molar-refractivity contribution in [3.05, 3.63) is 54.1 Å². The third kappa shape index (κ3) is 4.84. The Morgan fingerprint density at radius 2 is 1.42 bits per heavy atom. The molecule has 7 nitrogen and oxygen atoms in total. The van der Waals surface area contributed by atoms with Gasteiger partial charge in [-0.05, 0) is 42.5 Å². The predicted molar refractivity (Wildman–Crippen MR) is 93.2 cm³/mol. The first-order valence-electron chi connectivity index (χ1n) is 7.26. The van der Waals surface area contributed by atoms with Crippen LogP contribution >= 0.6 is 0 Å². The molecule has 0 radical (unpaired) electrons. The topological polar surface area (TPSA) is 99.3 Å². The standard InChI is InChI=1S/C17H18N4O3/c1-11(22)19-13-8-6-12(7-9-13)16(23)20-14-4-3-5-15(10-14)21-17(24)18-2/h3-10H,1-2H3,(H,19,22)(H,20,23)(H2,18,21,24). The van der Waals surface area contributed by atoms with Crippen molar-refractivity contribution in [2.75, 3.05) is 23.0 Å². The van der Waals surface area contributed by atoms with Gasteiger partial charge in [0.25, 0.3) is 5.91 Å². The Balaban J connectivity index is 2.05. The van der Waals surface area contributed by atoms with Crippen LogP contribution in [0.4, 0.5) is 21.9 Å². The molecule has 0 fully saturated rings. The van der Waals surface area contributed by atoms with Crippen molar-refractivity contribution in [1.29, 1.82) is 0 Å². The molecule has 0 aliphatic carbocycles. The summed E-state index contributed by atoms with van der Waals surface area (Å²) in [7, 11) is 1.52. The lowest BCUT2D eigenvalue weighted by atomic mass is 10.2. The maximum atomic E-state index is 12.2. The van der Waals surface area contributed by atoms with Crippen LogP contribution in [0, 0.1) is 0 Å². The van der Waals surface area contributed by atoms with Crippen LogP contribution in [0.2, 0.25) is 0 Å². The fourth-order valence-electron chi connectivity index (χ4n) is 1.98. The van der Waals surface area contributed by atoms with E-state index in [1.165, 1.54) is 14.0 Å². The molecule has 0 aliphatic heterocycles. The molecule has 4 amide bonds. The molecule has 0 spiro atoms. The highest BCUT2D eigenvalue weighted by atomic mass is 16.2. The summed E-state index contributed by atoms with van der Waals surface area (Å²) in [5.74, 6) is -0.464. The number of benzene rings is 2. The van der Waals surface area contributed by atoms with Crippen LogP contribution in [0.5, 0.6) is 0 Å². The number of anilines is 3. The number of carbonyl (C=O) groups is 3. The van der Waals surface area contributed by atoms with Crippen LogP contribution in [-0.4, -0.2) is 24.9 Å². The van der Waals surface area contributed by atoms with Crippen molar-refractivity contribution in [3.8, 4) is 0 Å². The number of hydrogen-bond donors (Lipinski definition) is 4. The number of carbonyl (C=O) groups excluding carboxylic acids is 3. The first-order valence-corrected chi connectivity index (χ1v) is 7.26. The zero-order chi connectivity index (χ0) is 17.5. The molecule has 0 saturated heterocycles. The summed E-state index contributed by atoms with van der Waals surface area (Å²) in [4.78, 5) is 34.5. The second-order valence-electron chi connectivity index (χ2n) is 5.00. The van der Waals surface area contributed by atoms with Crippen LogP contribution in [0.25, 0.3) is 0 Å². The van der Waals surface area contributed by atoms with Gasteiger partial charge in [0.05, 0.1) is 0 Å². The number of nitrogens with one attached hydrogen (secondary N) is 4. The molecule has 2 aromatic carbocycles. The van der Waals surface area contributed by atoms with Gasteiger partial charge < -0.3 is 21.3 Å². The van der Waals surface area contributed by atoms with Crippen LogP contribution in [0.15, 0.2) is 48.5 Å². The average Bonchev–Trinajstić information content (AvgIpc) is 2.55. The van der Waals surface area contributed by atoms with Crippen LogP contribution < -0.4 is 21.3 Å². The second-order valence-corrected chi connectivity index (χ2v) is 5.00. The monoisotopic (exact) mass is 326 g/mol. The largest absolute Gasteiger partial charge is 0.341 e. The van der Waals surface area contributed by atoms with E-state index >= 15 is 0 Å². The maximum Gasteiger partial charge on any atom is 0.318 e. The van der Waals surface area contributed by atoms with Gasteiger partial charge in [0.1, 0.15) is 0 Å². The zero-order valence-electron chi connectivity index (χ0n) is 13.3. The van der Waals surface area contributed by atoms with Crippen molar-refractivity contribution in [2.24, 2.45) is 0 Å². The summed E-state index contributed by atoms with van der Waals surface area (Å²) in [5.41, 5.74) is 2.19. The van der Waals surface area contributed by atoms with Gasteiger partial charge in [0, 0.05) is 36.6 Å². The molecular weight excluding hydrogens is 308 g/mol. The van der Waals surface area contributed by atoms with E-state index in [0.29, 0.717) is 22.6 Å². The summed E-state index contributed by atoms with van der Waals surface area (Å²) >= 11 is 0. The molecule has 2 aromatic rings. The van der Waals surface area contributed by atoms with Gasteiger partial charge in [-0.1, -0.05) is 6.07 Å². The van der Waals surface area contributed by atoms with Gasteiger partial charge in [-0.25, -0.2) is 4.79 Å². The SMILES string of the molecule is CNC(=O)Nc1cccc(NC(=O)c2ccc(NC(C)=O)cc2)c1. The lowest BCUT2D eigenvalue weighted by molar-refractivity contribution is -0.114. The van der Waals surface area contributed by atoms with Gasteiger partial charge in [0.2, 0.25) is 5.91 Å². The van der Waals surface area contributed by atoms with Crippen molar-refractivity contribution in [2.45, 2.75) is 6.92 Å². The molecule has 0 unspecified atom stereocenters. The highest BCUT2D eigenvalue weighted by Gasteiger charge is 2.07. The summed E-state index contributed by atoms with van der Waals surface area (Å²) < 4.78 is 0. The minimum atomic E-state index is -0.341. The minimum absolute atomic E-state index is 0.173. The van der Waals surface area contributed by atoms with E-state index in [9.17, 15) is 14.4 Å². The van der Waals surface area contributed by atoms with Crippen molar-refractivity contribution in [3.63, 3.8) is 0 Å². The van der Waals surface area contributed by atoms with E-state index in [2.05, 4.69) is 21.3 Å². The van der Waals surface area contributed by atoms with Crippen molar-refractivity contribution >= 4 is 34.9 Å². The lowest BCUT2D eigenvalue weighted by Crippen LogP contribution is -2.24. The molecule has 2 rings (SSSR count). The normalized spacial score (nSPS) is 9.75. The highest BCUT2D eigenvalue weighted by Crippen LogP contribution is 2.17. The van der Waals surface area contributed by atoms with Gasteiger partial charge in [0.15, 0.2) is 0 Å². The first kappa shape index (κ1) is 17.0. The summed E-state index contributed by atoms with van der Waals surface area (Å²) in [6.45, 7) is 1.42. The molecule has 124 valence electrons. The van der Waals surface area contributed by atoms with Gasteiger partial charge in [-0.15, -0.1) is 0 Å². The number of urea groups is 1. The van der Waals surface area contributed by atoms with Crippen LogP contribution in [0.1, 0.15) is 17.3 Å². The van der Waals surface area contributed by atoms with E-state index in [4.69, 9.17) is 0 Å². The second kappa shape index (κ2) is 7.77. The zero-order valence-corrected chi connectivity index (χ0v) is 13.3. The van der Waals surface area contributed by atoms with Gasteiger partial charge in [-0.3, -0.25) is 9.59 Å². The van der Waals surface area contributed by atoms with E-state index in [-0.39, 0.29) is 17.8 Å². The van der Waals surface area contributed by atoms with Crippen LogP contribution in [0.3, 0.4) is 0 Å². The smallest absolute Gasteiger partial charge is 0.318 e. The molecule has 24 heavy (non-hydrogen) atoms. The summed E-state index contributed by atoms with van der Waals surface area (Å²) in [5, 5.41) is 10.5. The number of hydrogen-bond acceptors (Lipinski definition) is 3. The Kier molecular flexibility index (Phi) is 5.51. The summed E-state index contributed by atoms with van der Waals surface area (Å²) in [6.07, 6.45) is 0. The first-order chi connectivity index (χ1) is 11.5. The quantitative estimate of drug-likeness (QED) is 0.695. The molecule has 7 heteroatoms. The van der Waals surface area contributed by atoms with E-state index in [0.717, 1.165) is 0 Å². The Hall–Kier alpha value is -3.35. The highest BCUT2D eigenvalue weighted by molar-refractivity contribution is 6.05. The predicted octanol–water partition coefficient (Wildman–Crippen LogP) is 2.65. The number of amides is 4. The summed E-state index contributed by atoms with van der Waals surface area (Å²) in [6, 6.07) is 13.0. The van der Waals surface area contributed by atoms with E-state index < -0.39 is 0 Å². The molecule has 0 aliphatic rings. The fraction of sp³-hybridized carbons (Fsp3) is 0.118. The fourth-order valence-corrected chi connectivity index (χ4v) is 1.98. The Bertz CT molecular complexity index is 757. The van der Waals surface area contributed by atoms with E-state index in [1.54, 1.807) is 48.5 Å². The molecule has 0 saturated carbocycles. The molecular formula is C17H18N4O3. The number of rotatable bonds is 4. The average molecular weight is 326 g/mol. The third-order valence-corrected chi connectivity index (χ3v) is 3.07. The van der Waals surface area contributed by atoms with Crippen LogP contribution in [-0.2, 0) is 4.79 Å². The van der Waals surface area contributed by atoms with Crippen molar-refractivity contribution < 1.29 is 14.4 Å². The van der Waals surface area contributed by atoms with Crippen molar-refractivity contribution in [1.82, 2.24) is 5.32 Å². The third-order valence-electron chi connectivity index (χ3n) is 3.07. The van der Waals surface area contributed by atoms with Gasteiger partial charge in [-0.2, -0.15) is 0 Å². The van der Waals surface area contributed by atoms with E-state index in [1.807, 2.05) is 0 Å². The molecule has 0 atom stereocenters. The Morgan fingerprint density at radius 3 is 2.00 bits per heavy atom. The molecule has 0 aromatic heterocycles. The Labute approximate surface area is 139 Å². The molecule has 0 bridgehead atoms. The van der Waals surface area contributed by atoms with Gasteiger partial charge >= 0.3 is 6.03 Å². The Morgan fingerprint density at radius 1 is 0.792 bits per heavy atom. The molecule has 0 heterocycles.